The predicted molar refractivity (Wildman–Crippen MR) is 219 cm³/mol. The average molecular weight is 734 g/mol. The first-order valence-corrected chi connectivity index (χ1v) is 20.4. The molecule has 282 valence electrons. The summed E-state index contributed by atoms with van der Waals surface area (Å²) < 4.78 is 1.42. The zero-order valence-electron chi connectivity index (χ0n) is 33.4. The molecule has 0 aromatic heterocycles. The molecule has 0 fully saturated rings. The maximum Gasteiger partial charge on any atom is 2.00 e. The van der Waals surface area contributed by atoms with Gasteiger partial charge < -0.3 is 30.2 Å². The summed E-state index contributed by atoms with van der Waals surface area (Å²) in [7, 11) is 0. The molecular formula is C48H70N2Ni. The molecule has 0 N–H and O–H groups in total. The van der Waals surface area contributed by atoms with Crippen molar-refractivity contribution < 1.29 is 21.2 Å². The van der Waals surface area contributed by atoms with Gasteiger partial charge in [-0.15, -0.1) is 0 Å². The van der Waals surface area contributed by atoms with Gasteiger partial charge in [0.15, 0.2) is 0 Å². The minimum atomic E-state index is 0. The van der Waals surface area contributed by atoms with Crippen LogP contribution in [0.3, 0.4) is 0 Å². The minimum absolute atomic E-state index is 0. The van der Waals surface area contributed by atoms with E-state index in [1.165, 1.54) is 117 Å². The molecule has 0 saturated carbocycles. The van der Waals surface area contributed by atoms with Gasteiger partial charge in [0.25, 0.3) is 0 Å². The van der Waals surface area contributed by atoms with Crippen LogP contribution in [0.25, 0.3) is 16.9 Å². The van der Waals surface area contributed by atoms with Crippen molar-refractivity contribution in [2.75, 3.05) is 0 Å². The molecule has 0 atom stereocenters. The third-order valence-electron chi connectivity index (χ3n) is 9.14. The monoisotopic (exact) mass is 732 g/mol. The van der Waals surface area contributed by atoms with E-state index >= 15 is 0 Å². The molecule has 0 unspecified atom stereocenters. The van der Waals surface area contributed by atoms with Crippen molar-refractivity contribution in [2.24, 2.45) is 0 Å². The van der Waals surface area contributed by atoms with Crippen LogP contribution < -0.4 is 0 Å². The maximum absolute atomic E-state index is 11.3. The van der Waals surface area contributed by atoms with Crippen LogP contribution in [-0.2, 0) is 42.2 Å². The first-order valence-electron chi connectivity index (χ1n) is 20.4. The Labute approximate surface area is 326 Å². The number of hydrogen-bond acceptors (Lipinski definition) is 0. The van der Waals surface area contributed by atoms with Gasteiger partial charge in [-0.05, 0) is 124 Å². The molecule has 0 amide bonds. The van der Waals surface area contributed by atoms with Gasteiger partial charge in [-0.25, -0.2) is 4.70 Å². The second-order valence-corrected chi connectivity index (χ2v) is 13.9. The van der Waals surface area contributed by atoms with Crippen molar-refractivity contribution in [1.29, 1.82) is 0 Å². The first-order chi connectivity index (χ1) is 24.4. The molecule has 51 heavy (non-hydrogen) atoms. The van der Waals surface area contributed by atoms with Crippen LogP contribution in [0.4, 0.5) is 0 Å². The van der Waals surface area contributed by atoms with Crippen LogP contribution in [0.5, 0.6) is 0 Å². The largest absolute Gasteiger partial charge is 2.00 e. The smallest absolute Gasteiger partial charge is 0.694 e. The third kappa shape index (κ3) is 20.7. The van der Waals surface area contributed by atoms with E-state index in [0.717, 1.165) is 73.9 Å². The van der Waals surface area contributed by atoms with Crippen LogP contribution in [-0.4, -0.2) is 4.70 Å². The molecule has 0 bridgehead atoms. The molecule has 3 heteroatoms. The van der Waals surface area contributed by atoms with Gasteiger partial charge in [0.1, 0.15) is 0 Å². The summed E-state index contributed by atoms with van der Waals surface area (Å²) in [5.41, 5.74) is 20.9. The molecule has 1 aliphatic rings. The molecule has 2 nitrogen and oxygen atoms in total. The van der Waals surface area contributed by atoms with Gasteiger partial charge in [0.05, 0.1) is 0 Å². The van der Waals surface area contributed by atoms with Crippen molar-refractivity contribution in [3.63, 3.8) is 0 Å². The Hall–Kier alpha value is -2.87. The number of aryl methyl sites for hydroxylation is 4. The Morgan fingerprint density at radius 2 is 0.745 bits per heavy atom. The van der Waals surface area contributed by atoms with E-state index in [1.807, 2.05) is 0 Å². The van der Waals surface area contributed by atoms with Crippen LogP contribution in [0.2, 0.25) is 0 Å². The molecular weight excluding hydrogens is 663 g/mol. The van der Waals surface area contributed by atoms with Crippen molar-refractivity contribution in [3.8, 4) is 11.8 Å². The third-order valence-corrected chi connectivity index (χ3v) is 9.14. The second-order valence-electron chi connectivity index (χ2n) is 13.9. The SMILES string of the molecule is CCCCc1cc(CCCC)cc(C2=CC=C(c3cc(CCCC)cc(CCCC)c3)[N+]2=[N-])c1.[C-]#CCCCCCC.[C-]#CCCCCCC.[Ni+2]. The number of nitrogens with zero attached hydrogens (tertiary/aromatic N) is 2. The average Bonchev–Trinajstić information content (AvgIpc) is 3.53. The van der Waals surface area contributed by atoms with Crippen molar-refractivity contribution in [1.82, 2.24) is 0 Å². The van der Waals surface area contributed by atoms with Crippen LogP contribution in [0.15, 0.2) is 48.6 Å². The minimum Gasteiger partial charge on any atom is -0.694 e. The second kappa shape index (κ2) is 31.8. The number of hydrogen-bond donors (Lipinski definition) is 0. The predicted octanol–water partition coefficient (Wildman–Crippen LogP) is 14.6. The van der Waals surface area contributed by atoms with E-state index in [0.29, 0.717) is 0 Å². The molecule has 2 aromatic rings. The van der Waals surface area contributed by atoms with Gasteiger partial charge in [0, 0.05) is 23.3 Å². The zero-order chi connectivity index (χ0) is 36.8. The molecule has 0 aliphatic carbocycles. The van der Waals surface area contributed by atoms with E-state index in [2.05, 4.69) is 102 Å². The summed E-state index contributed by atoms with van der Waals surface area (Å²) in [4.78, 5) is 0. The summed E-state index contributed by atoms with van der Waals surface area (Å²) >= 11 is 0. The Kier molecular flexibility index (Phi) is 30.0. The standard InChI is InChI=1S/C32H44N2.2C8H13.Ni/c1-5-9-13-25-19-26(14-10-6-2)22-29(21-25)31-17-18-32(34(31)33)30-23-27(15-11-7-3)20-28(24-30)16-12-8-4;2*1-3-5-7-8-6-4-2;/h17-24H,5-16H2,1-4H3;2*3,5-8H2,1H3;/q;2*-1;+2. The van der Waals surface area contributed by atoms with Crippen LogP contribution in [0.1, 0.15) is 190 Å². The van der Waals surface area contributed by atoms with Crippen molar-refractivity contribution >= 4 is 11.4 Å². The van der Waals surface area contributed by atoms with Crippen molar-refractivity contribution in [3.05, 3.63) is 100 Å². The number of allylic oxidation sites excluding steroid dienone is 2. The fourth-order valence-corrected chi connectivity index (χ4v) is 6.07. The Morgan fingerprint density at radius 1 is 0.451 bits per heavy atom. The van der Waals surface area contributed by atoms with Gasteiger partial charge in [-0.3, -0.25) is 0 Å². The number of unbranched alkanes of at least 4 members (excludes halogenated alkanes) is 12. The zero-order valence-corrected chi connectivity index (χ0v) is 34.4. The van der Waals surface area contributed by atoms with Gasteiger partial charge in [0.2, 0.25) is 11.4 Å². The van der Waals surface area contributed by atoms with Crippen molar-refractivity contribution in [2.45, 2.75) is 183 Å². The van der Waals surface area contributed by atoms with E-state index in [1.54, 1.807) is 0 Å². The van der Waals surface area contributed by atoms with Gasteiger partial charge in [-0.2, -0.15) is 0 Å². The van der Waals surface area contributed by atoms with Crippen LogP contribution in [0, 0.1) is 24.7 Å². The van der Waals surface area contributed by atoms with E-state index < -0.39 is 0 Å². The maximum atomic E-state index is 11.3. The molecule has 3 rings (SSSR count). The van der Waals surface area contributed by atoms with E-state index in [4.69, 9.17) is 12.8 Å². The van der Waals surface area contributed by atoms with E-state index in [9.17, 15) is 5.53 Å². The Morgan fingerprint density at radius 3 is 1.00 bits per heavy atom. The summed E-state index contributed by atoms with van der Waals surface area (Å²) in [6.07, 6.45) is 43.0. The molecule has 1 aliphatic heterocycles. The molecule has 0 spiro atoms. The van der Waals surface area contributed by atoms with Gasteiger partial charge >= 0.3 is 16.5 Å². The summed E-state index contributed by atoms with van der Waals surface area (Å²) in [6.45, 7) is 13.4. The molecule has 0 radical (unpaired) electrons. The Bertz CT molecular complexity index is 1210. The fourth-order valence-electron chi connectivity index (χ4n) is 6.07. The quantitative estimate of drug-likeness (QED) is 0.0379. The fraction of sp³-hybridized carbons (Fsp3) is 0.583. The van der Waals surface area contributed by atoms with E-state index in [-0.39, 0.29) is 16.5 Å². The summed E-state index contributed by atoms with van der Waals surface area (Å²) in [5.74, 6) is 4.75. The topological polar surface area (TPSA) is 25.3 Å². The molecule has 2 aromatic carbocycles. The number of rotatable bonds is 22. The normalized spacial score (nSPS) is 11.6. The molecule has 1 heterocycles. The molecule has 0 saturated heterocycles. The number of benzene rings is 2. The summed E-state index contributed by atoms with van der Waals surface area (Å²) in [5, 5.41) is 0. The van der Waals surface area contributed by atoms with Gasteiger partial charge in [-0.1, -0.05) is 118 Å². The summed E-state index contributed by atoms with van der Waals surface area (Å²) in [6, 6.07) is 13.9. The Balaban J connectivity index is 0.00000122. The van der Waals surface area contributed by atoms with Crippen LogP contribution >= 0.6 is 0 Å². The first kappa shape index (κ1) is 48.1.